The maximum Gasteiger partial charge on any atom is 0.406 e. The Morgan fingerprint density at radius 3 is 2.41 bits per heavy atom. The van der Waals surface area contributed by atoms with Crippen molar-refractivity contribution in [1.82, 2.24) is 15.5 Å². The van der Waals surface area contributed by atoms with Crippen molar-refractivity contribution in [1.29, 1.82) is 0 Å². The maximum absolute atomic E-state index is 12.3. The van der Waals surface area contributed by atoms with Gasteiger partial charge in [0.05, 0.1) is 6.61 Å². The van der Waals surface area contributed by atoms with Crippen molar-refractivity contribution in [3.8, 4) is 0 Å². The number of benzene rings is 1. The van der Waals surface area contributed by atoms with E-state index in [1.807, 2.05) is 37.3 Å². The maximum atomic E-state index is 12.3. The predicted molar refractivity (Wildman–Crippen MR) is 109 cm³/mol. The number of nitrogens with zero attached hydrogens (tertiary/aromatic N) is 2. The summed E-state index contributed by atoms with van der Waals surface area (Å²) in [5.41, 5.74) is 0.944. The van der Waals surface area contributed by atoms with Gasteiger partial charge in [-0.1, -0.05) is 30.3 Å². The number of aliphatic imine (C=N–C) groups is 1. The average Bonchev–Trinajstić information content (AvgIpc) is 2.59. The molecule has 0 saturated heterocycles. The number of aliphatic hydroxyl groups is 1. The molecule has 0 spiro atoms. The van der Waals surface area contributed by atoms with Crippen molar-refractivity contribution in [2.24, 2.45) is 4.99 Å². The second-order valence-electron chi connectivity index (χ2n) is 5.73. The van der Waals surface area contributed by atoms with E-state index in [-0.39, 0.29) is 36.5 Å². The predicted octanol–water partition coefficient (Wildman–Crippen LogP) is 1.96. The molecule has 1 amide bonds. The van der Waals surface area contributed by atoms with Crippen LogP contribution in [-0.2, 0) is 4.79 Å². The number of rotatable bonds is 8. The molecule has 0 aromatic heterocycles. The molecule has 10 heteroatoms. The molecule has 3 N–H and O–H groups in total. The van der Waals surface area contributed by atoms with Crippen molar-refractivity contribution in [2.45, 2.75) is 19.0 Å². The number of nitrogens with one attached hydrogen (secondary N) is 2. The lowest BCUT2D eigenvalue weighted by atomic mass is 10.0. The van der Waals surface area contributed by atoms with Gasteiger partial charge in [-0.25, -0.2) is 4.99 Å². The summed E-state index contributed by atoms with van der Waals surface area (Å²) in [7, 11) is 1.09. The van der Waals surface area contributed by atoms with Gasteiger partial charge in [0.2, 0.25) is 5.91 Å². The summed E-state index contributed by atoms with van der Waals surface area (Å²) in [6.45, 7) is 0.911. The molecule has 0 fully saturated rings. The Labute approximate surface area is 174 Å². The number of alkyl halides is 3. The first-order valence-electron chi connectivity index (χ1n) is 8.25. The van der Waals surface area contributed by atoms with Crippen LogP contribution >= 0.6 is 24.0 Å². The highest BCUT2D eigenvalue weighted by Gasteiger charge is 2.31. The summed E-state index contributed by atoms with van der Waals surface area (Å²) in [5, 5.41) is 15.5. The largest absolute Gasteiger partial charge is 0.406 e. The van der Waals surface area contributed by atoms with Crippen molar-refractivity contribution in [2.75, 3.05) is 39.8 Å². The van der Waals surface area contributed by atoms with E-state index in [0.29, 0.717) is 23.9 Å². The van der Waals surface area contributed by atoms with E-state index in [0.717, 1.165) is 12.6 Å². The molecular formula is C17H26F3IN4O2. The lowest BCUT2D eigenvalue weighted by molar-refractivity contribution is -0.157. The van der Waals surface area contributed by atoms with Crippen LogP contribution in [0.5, 0.6) is 0 Å². The van der Waals surface area contributed by atoms with Gasteiger partial charge in [-0.3, -0.25) is 4.79 Å². The zero-order chi connectivity index (χ0) is 19.6. The summed E-state index contributed by atoms with van der Waals surface area (Å²) in [4.78, 5) is 16.4. The van der Waals surface area contributed by atoms with E-state index >= 15 is 0 Å². The zero-order valence-electron chi connectivity index (χ0n) is 15.3. The molecule has 27 heavy (non-hydrogen) atoms. The first-order chi connectivity index (χ1) is 12.3. The normalized spacial score (nSPS) is 12.7. The summed E-state index contributed by atoms with van der Waals surface area (Å²) in [6.07, 6.45) is -4.44. The fourth-order valence-corrected chi connectivity index (χ4v) is 2.20. The minimum Gasteiger partial charge on any atom is -0.396 e. The van der Waals surface area contributed by atoms with Crippen molar-refractivity contribution >= 4 is 35.8 Å². The zero-order valence-corrected chi connectivity index (χ0v) is 17.6. The summed E-state index contributed by atoms with van der Waals surface area (Å²) < 4.78 is 37.0. The standard InChI is InChI=1S/C17H25F3N4O2.HI/c1-3-21-16(23-10-15(26)24(2)12-17(18,19)20)22-9-14(11-25)13-7-5-4-6-8-13;/h4-8,14,25H,3,9-12H2,1-2H3,(H2,21,22,23);1H. The molecule has 0 aliphatic carbocycles. The van der Waals surface area contributed by atoms with Crippen molar-refractivity contribution in [3.05, 3.63) is 35.9 Å². The Kier molecular flexibility index (Phi) is 12.0. The minimum absolute atomic E-state index is 0. The van der Waals surface area contributed by atoms with Gasteiger partial charge < -0.3 is 20.6 Å². The van der Waals surface area contributed by atoms with Crippen LogP contribution in [0.15, 0.2) is 35.3 Å². The van der Waals surface area contributed by atoms with E-state index in [4.69, 9.17) is 0 Å². The molecule has 1 aromatic carbocycles. The topological polar surface area (TPSA) is 77.0 Å². The van der Waals surface area contributed by atoms with Crippen LogP contribution in [-0.4, -0.2) is 67.9 Å². The Hall–Kier alpha value is -1.56. The molecule has 1 rings (SSSR count). The Balaban J connectivity index is 0.00000676. The van der Waals surface area contributed by atoms with Gasteiger partial charge in [-0.2, -0.15) is 13.2 Å². The van der Waals surface area contributed by atoms with Crippen LogP contribution in [0.1, 0.15) is 18.4 Å². The van der Waals surface area contributed by atoms with Crippen LogP contribution in [0, 0.1) is 0 Å². The smallest absolute Gasteiger partial charge is 0.396 e. The van der Waals surface area contributed by atoms with Gasteiger partial charge in [-0.05, 0) is 12.5 Å². The first kappa shape index (κ1) is 25.4. The highest BCUT2D eigenvalue weighted by atomic mass is 127. The molecule has 0 aliphatic rings. The molecule has 0 aliphatic heterocycles. The lowest BCUT2D eigenvalue weighted by Gasteiger charge is -2.19. The van der Waals surface area contributed by atoms with Crippen molar-refractivity contribution in [3.63, 3.8) is 0 Å². The quantitative estimate of drug-likeness (QED) is 0.289. The van der Waals surface area contributed by atoms with Gasteiger partial charge in [0.15, 0.2) is 5.96 Å². The number of amides is 1. The van der Waals surface area contributed by atoms with E-state index in [2.05, 4.69) is 15.6 Å². The third kappa shape index (κ3) is 10.4. The number of hydrogen-bond acceptors (Lipinski definition) is 3. The van der Waals surface area contributed by atoms with Crippen LogP contribution in [0.2, 0.25) is 0 Å². The molecule has 1 aromatic rings. The molecule has 0 saturated carbocycles. The number of halogens is 4. The van der Waals surface area contributed by atoms with Gasteiger partial charge in [0, 0.05) is 26.1 Å². The van der Waals surface area contributed by atoms with Gasteiger partial charge >= 0.3 is 6.18 Å². The number of carbonyl (C=O) groups excluding carboxylic acids is 1. The monoisotopic (exact) mass is 502 g/mol. The van der Waals surface area contributed by atoms with E-state index < -0.39 is 25.2 Å². The van der Waals surface area contributed by atoms with E-state index in [1.165, 1.54) is 0 Å². The SMILES string of the molecule is CCNC(=NCC(=O)N(C)CC(F)(F)F)NCC(CO)c1ccccc1.I. The van der Waals surface area contributed by atoms with Crippen molar-refractivity contribution < 1.29 is 23.1 Å². The summed E-state index contributed by atoms with van der Waals surface area (Å²) in [5.74, 6) is -0.611. The van der Waals surface area contributed by atoms with Crippen LogP contribution < -0.4 is 10.6 Å². The van der Waals surface area contributed by atoms with E-state index in [1.54, 1.807) is 0 Å². The number of likely N-dealkylation sites (N-methyl/N-ethyl adjacent to an activating group) is 1. The molecule has 1 atom stereocenters. The lowest BCUT2D eigenvalue weighted by Crippen LogP contribution is -2.41. The number of hydrogen-bond donors (Lipinski definition) is 3. The Bertz CT molecular complexity index is 585. The van der Waals surface area contributed by atoms with Crippen LogP contribution in [0.4, 0.5) is 13.2 Å². The van der Waals surface area contributed by atoms with Gasteiger partial charge in [0.1, 0.15) is 13.1 Å². The molecule has 154 valence electrons. The number of carbonyl (C=O) groups is 1. The first-order valence-corrected chi connectivity index (χ1v) is 8.25. The Morgan fingerprint density at radius 1 is 1.26 bits per heavy atom. The summed E-state index contributed by atoms with van der Waals surface area (Å²) >= 11 is 0. The molecular weight excluding hydrogens is 476 g/mol. The molecule has 1 unspecified atom stereocenters. The second-order valence-corrected chi connectivity index (χ2v) is 5.73. The average molecular weight is 502 g/mol. The molecule has 6 nitrogen and oxygen atoms in total. The molecule has 0 bridgehead atoms. The fraction of sp³-hybridized carbons (Fsp3) is 0.529. The second kappa shape index (κ2) is 12.8. The van der Waals surface area contributed by atoms with E-state index in [9.17, 15) is 23.1 Å². The van der Waals surface area contributed by atoms with Gasteiger partial charge in [-0.15, -0.1) is 24.0 Å². The third-order valence-electron chi connectivity index (χ3n) is 3.57. The number of aliphatic hydroxyl groups excluding tert-OH is 1. The highest BCUT2D eigenvalue weighted by Crippen LogP contribution is 2.15. The third-order valence-corrected chi connectivity index (χ3v) is 3.57. The van der Waals surface area contributed by atoms with Crippen LogP contribution in [0.25, 0.3) is 0 Å². The number of guanidine groups is 1. The minimum atomic E-state index is -4.44. The highest BCUT2D eigenvalue weighted by molar-refractivity contribution is 14.0. The van der Waals surface area contributed by atoms with Gasteiger partial charge in [0.25, 0.3) is 0 Å². The fourth-order valence-electron chi connectivity index (χ4n) is 2.20. The summed E-state index contributed by atoms with van der Waals surface area (Å²) in [6, 6.07) is 9.39. The molecule has 0 radical (unpaired) electrons. The van der Waals surface area contributed by atoms with Crippen LogP contribution in [0.3, 0.4) is 0 Å². The molecule has 0 heterocycles. The Morgan fingerprint density at radius 2 is 1.89 bits per heavy atom.